The highest BCUT2D eigenvalue weighted by atomic mass is 16.6. The van der Waals surface area contributed by atoms with Crippen LogP contribution in [0.3, 0.4) is 0 Å². The van der Waals surface area contributed by atoms with E-state index in [1.807, 2.05) is 27.7 Å². The van der Waals surface area contributed by atoms with E-state index in [4.69, 9.17) is 23.7 Å². The third-order valence-corrected chi connectivity index (χ3v) is 15.1. The monoisotopic (exact) mass is 1130 g/mol. The summed E-state index contributed by atoms with van der Waals surface area (Å²) in [5, 5.41) is 8.35. The molecule has 6 unspecified atom stereocenters. The normalized spacial score (nSPS) is 17.5. The summed E-state index contributed by atoms with van der Waals surface area (Å²) < 4.78 is 31.4. The van der Waals surface area contributed by atoms with E-state index in [2.05, 4.69) is 53.4 Å². The van der Waals surface area contributed by atoms with Gasteiger partial charge in [-0.25, -0.2) is 42.5 Å². The Morgan fingerprint density at radius 1 is 0.475 bits per heavy atom. The zero-order chi connectivity index (χ0) is 59.1. The Bertz CT molecular complexity index is 2060. The highest BCUT2D eigenvalue weighted by molar-refractivity contribution is 5.76. The van der Waals surface area contributed by atoms with Crippen molar-refractivity contribution < 1.29 is 47.7 Å². The van der Waals surface area contributed by atoms with Crippen molar-refractivity contribution in [3.05, 3.63) is 31.5 Å². The average Bonchev–Trinajstić information content (AvgIpc) is 4.38. The molecule has 2 aliphatic rings. The van der Waals surface area contributed by atoms with Gasteiger partial charge in [0.15, 0.2) is 12.2 Å². The molecule has 0 radical (unpaired) electrons. The summed E-state index contributed by atoms with van der Waals surface area (Å²) in [6.07, 6.45) is 14.5. The van der Waals surface area contributed by atoms with E-state index < -0.39 is 58.4 Å². The summed E-state index contributed by atoms with van der Waals surface area (Å²) in [6, 6.07) is 0.760. The summed E-state index contributed by atoms with van der Waals surface area (Å²) in [7, 11) is 0. The fourth-order valence-corrected chi connectivity index (χ4v) is 9.50. The molecule has 6 atom stereocenters. The first kappa shape index (κ1) is 69.3. The minimum atomic E-state index is -0.648. The number of hydrogen-bond acceptors (Lipinski definition) is 15. The van der Waals surface area contributed by atoms with Crippen molar-refractivity contribution in [1.82, 2.24) is 39.5 Å². The van der Waals surface area contributed by atoms with Crippen LogP contribution in [-0.2, 0) is 52.9 Å². The second-order valence-electron chi connectivity index (χ2n) is 24.0. The van der Waals surface area contributed by atoms with Crippen molar-refractivity contribution in [2.75, 3.05) is 59.0 Å². The smallest absolute Gasteiger partial charge is 0.407 e. The molecule has 0 bridgehead atoms. The molecule has 0 spiro atoms. The lowest BCUT2D eigenvalue weighted by Gasteiger charge is -2.25. The van der Waals surface area contributed by atoms with Crippen molar-refractivity contribution in [2.24, 2.45) is 10.8 Å². The van der Waals surface area contributed by atoms with Crippen LogP contribution in [0.25, 0.3) is 0 Å². The van der Waals surface area contributed by atoms with Gasteiger partial charge < -0.3 is 39.6 Å². The van der Waals surface area contributed by atoms with Crippen molar-refractivity contribution in [1.29, 1.82) is 0 Å². The number of amides is 3. The largest absolute Gasteiger partial charge is 0.461 e. The molecular weight excluding hydrogens is 1030 g/mol. The fraction of sp³-hybridized carbons (Fsp3) is 0.864. The maximum absolute atomic E-state index is 13.8. The lowest BCUT2D eigenvalue weighted by Crippen LogP contribution is -2.54. The van der Waals surface area contributed by atoms with Crippen molar-refractivity contribution in [3.8, 4) is 0 Å². The van der Waals surface area contributed by atoms with Crippen LogP contribution < -0.4 is 33.0 Å². The Morgan fingerprint density at radius 3 is 1.07 bits per heavy atom. The second-order valence-corrected chi connectivity index (χ2v) is 24.0. The van der Waals surface area contributed by atoms with Crippen LogP contribution in [0.15, 0.2) is 14.4 Å². The molecule has 3 N–H and O–H groups in total. The summed E-state index contributed by atoms with van der Waals surface area (Å²) in [5.74, 6) is -0.590. The van der Waals surface area contributed by atoms with Gasteiger partial charge >= 0.3 is 47.3 Å². The summed E-state index contributed by atoms with van der Waals surface area (Å²) in [5.41, 5.74) is -3.19. The molecule has 1 aromatic rings. The predicted molar refractivity (Wildman–Crippen MR) is 310 cm³/mol. The third-order valence-electron chi connectivity index (χ3n) is 15.1. The van der Waals surface area contributed by atoms with Crippen LogP contribution >= 0.6 is 0 Å². The number of unbranched alkanes of at least 4 members (excludes halogenated alkanes) is 15. The Hall–Kier alpha value is -4.92. The molecule has 3 heterocycles. The number of ether oxygens (including phenoxy) is 5. The van der Waals surface area contributed by atoms with Crippen LogP contribution in [-0.4, -0.2) is 143 Å². The van der Waals surface area contributed by atoms with Gasteiger partial charge in [-0.2, -0.15) is 0 Å². The maximum atomic E-state index is 13.8. The van der Waals surface area contributed by atoms with Gasteiger partial charge in [-0.1, -0.05) is 104 Å². The van der Waals surface area contributed by atoms with E-state index >= 15 is 0 Å². The SMILES string of the molecule is CCCCCCC(C)(C)C(=O)OCC(CN1CC1C)OC(=O)NCCCCCCn1c(=O)n(CCCCCCNC(=O)OC(C)C)c(=O)n(CCCCCCNC(=O)OC(COC(=O)C(C)(C)CCCCCC)CN2CC2C)c1=O. The molecule has 0 saturated carbocycles. The van der Waals surface area contributed by atoms with Crippen molar-refractivity contribution in [2.45, 2.75) is 261 Å². The molecule has 0 aromatic carbocycles. The molecule has 21 nitrogen and oxygen atoms in total. The highest BCUT2D eigenvalue weighted by Gasteiger charge is 2.36. The molecule has 21 heteroatoms. The minimum Gasteiger partial charge on any atom is -0.461 e. The molecule has 2 saturated heterocycles. The molecule has 0 aliphatic carbocycles. The first-order valence-electron chi connectivity index (χ1n) is 30.7. The van der Waals surface area contributed by atoms with Gasteiger partial charge in [-0.05, 0) is 107 Å². The van der Waals surface area contributed by atoms with Gasteiger partial charge in [0, 0.05) is 77.5 Å². The number of nitrogens with zero attached hydrogens (tertiary/aromatic N) is 5. The van der Waals surface area contributed by atoms with E-state index in [9.17, 15) is 38.4 Å². The van der Waals surface area contributed by atoms with Gasteiger partial charge in [0.1, 0.15) is 13.2 Å². The van der Waals surface area contributed by atoms with Crippen LogP contribution in [0.5, 0.6) is 0 Å². The van der Waals surface area contributed by atoms with E-state index in [0.717, 1.165) is 97.4 Å². The topological polar surface area (TPSA) is 240 Å². The van der Waals surface area contributed by atoms with Crippen molar-refractivity contribution in [3.63, 3.8) is 0 Å². The Morgan fingerprint density at radius 2 is 0.775 bits per heavy atom. The van der Waals surface area contributed by atoms with Crippen LogP contribution in [0.4, 0.5) is 14.4 Å². The Kier molecular flexibility index (Phi) is 32.3. The number of hydrogen-bond donors (Lipinski definition) is 3. The van der Waals surface area contributed by atoms with E-state index in [0.29, 0.717) is 115 Å². The van der Waals surface area contributed by atoms with E-state index in [-0.39, 0.29) is 50.9 Å². The Labute approximate surface area is 477 Å². The first-order chi connectivity index (χ1) is 38.1. The van der Waals surface area contributed by atoms with E-state index in [1.54, 1.807) is 13.8 Å². The quantitative estimate of drug-likeness (QED) is 0.0240. The number of carbonyl (C=O) groups is 5. The van der Waals surface area contributed by atoms with Crippen LogP contribution in [0.2, 0.25) is 0 Å². The number of aromatic nitrogens is 3. The summed E-state index contributed by atoms with van der Waals surface area (Å²) >= 11 is 0. The maximum Gasteiger partial charge on any atom is 0.407 e. The van der Waals surface area contributed by atoms with Gasteiger partial charge in [-0.15, -0.1) is 0 Å². The average molecular weight is 1140 g/mol. The lowest BCUT2D eigenvalue weighted by molar-refractivity contribution is -0.158. The van der Waals surface area contributed by atoms with E-state index in [1.165, 1.54) is 0 Å². The molecule has 2 fully saturated rings. The summed E-state index contributed by atoms with van der Waals surface area (Å²) in [6.45, 7) is 23.8. The number of alkyl carbamates (subject to hydrolysis) is 3. The minimum absolute atomic E-state index is 0.0172. The molecule has 3 amide bonds. The first-order valence-corrected chi connectivity index (χ1v) is 30.7. The predicted octanol–water partition coefficient (Wildman–Crippen LogP) is 8.66. The number of rotatable bonds is 44. The van der Waals surface area contributed by atoms with Crippen LogP contribution in [0.1, 0.15) is 210 Å². The molecule has 80 heavy (non-hydrogen) atoms. The third kappa shape index (κ3) is 27.7. The van der Waals surface area contributed by atoms with Crippen LogP contribution in [0, 0.1) is 10.8 Å². The van der Waals surface area contributed by atoms with Gasteiger partial charge in [0.05, 0.1) is 16.9 Å². The summed E-state index contributed by atoms with van der Waals surface area (Å²) in [4.78, 5) is 109. The number of nitrogens with one attached hydrogen (secondary N) is 3. The molecule has 1 aromatic heterocycles. The number of esters is 2. The second kappa shape index (κ2) is 37.2. The lowest BCUT2D eigenvalue weighted by atomic mass is 9.87. The van der Waals surface area contributed by atoms with Gasteiger partial charge in [0.25, 0.3) is 0 Å². The molecule has 2 aliphatic heterocycles. The molecule has 460 valence electrons. The Balaban J connectivity index is 1.51. The molecule has 3 rings (SSSR count). The standard InChI is InChI=1S/C59H106N8O13/c1-11-13-15-23-31-58(7,8)50(68)76-43-48(41-63-39-46(63)5)79-53(71)61-34-26-18-21-29-37-66-55(73)65(36-28-20-17-25-33-60-52(70)78-45(3)4)56(74)67(57(66)75)38-30-22-19-27-35-62-54(72)80-49(42-64-40-47(64)6)44-77-51(69)59(9,10)32-24-16-14-12-2/h45-49H,11-44H2,1-10H3,(H,60,70)(H,61,71)(H,62,72). The number of carbonyl (C=O) groups excluding carboxylic acids is 5. The zero-order valence-electron chi connectivity index (χ0n) is 51.0. The van der Waals surface area contributed by atoms with Gasteiger partial charge in [-0.3, -0.25) is 19.4 Å². The molecular formula is C59H106N8O13. The fourth-order valence-electron chi connectivity index (χ4n) is 9.50. The van der Waals surface area contributed by atoms with Crippen molar-refractivity contribution >= 4 is 30.2 Å². The zero-order valence-corrected chi connectivity index (χ0v) is 51.0. The highest BCUT2D eigenvalue weighted by Crippen LogP contribution is 2.28. The van der Waals surface area contributed by atoms with Gasteiger partial charge in [0.2, 0.25) is 0 Å².